The average Bonchev–Trinajstić information content (AvgIpc) is 3.23. The van der Waals surface area contributed by atoms with Crippen molar-refractivity contribution in [3.05, 3.63) is 58.6 Å². The van der Waals surface area contributed by atoms with Gasteiger partial charge in [-0.2, -0.15) is 0 Å². The SMILES string of the molecule is Cc1ncnc2c1ccn2[C@@H]1OC([C@@H]2OC(=O)Cc3cc(Cl)ccc32)[C@@H](O)[C@H]1O. The van der Waals surface area contributed by atoms with Gasteiger partial charge in [-0.15, -0.1) is 0 Å². The van der Waals surface area contributed by atoms with Crippen LogP contribution in [0.1, 0.15) is 29.2 Å². The first-order chi connectivity index (χ1) is 13.9. The number of carbonyl (C=O) groups excluding carboxylic acids is 1. The van der Waals surface area contributed by atoms with Crippen molar-refractivity contribution in [1.82, 2.24) is 14.5 Å². The second kappa shape index (κ2) is 6.77. The number of nitrogens with zero attached hydrogens (tertiary/aromatic N) is 3. The van der Waals surface area contributed by atoms with E-state index in [-0.39, 0.29) is 6.42 Å². The van der Waals surface area contributed by atoms with Crippen LogP contribution in [0, 0.1) is 6.92 Å². The first-order valence-corrected chi connectivity index (χ1v) is 9.59. The van der Waals surface area contributed by atoms with Crippen molar-refractivity contribution in [2.75, 3.05) is 0 Å². The van der Waals surface area contributed by atoms with E-state index in [1.165, 1.54) is 6.33 Å². The summed E-state index contributed by atoms with van der Waals surface area (Å²) in [4.78, 5) is 20.6. The lowest BCUT2D eigenvalue weighted by atomic mass is 9.92. The second-order valence-corrected chi connectivity index (χ2v) is 7.76. The summed E-state index contributed by atoms with van der Waals surface area (Å²) in [5.74, 6) is -0.437. The van der Waals surface area contributed by atoms with Crippen LogP contribution < -0.4 is 0 Å². The summed E-state index contributed by atoms with van der Waals surface area (Å²) in [5, 5.41) is 22.8. The molecule has 1 unspecified atom stereocenters. The number of aliphatic hydroxyl groups is 2. The third-order valence-electron chi connectivity index (χ3n) is 5.56. The Morgan fingerprint density at radius 3 is 2.86 bits per heavy atom. The Labute approximate surface area is 170 Å². The topological polar surface area (TPSA) is 107 Å². The highest BCUT2D eigenvalue weighted by Gasteiger charge is 2.50. The van der Waals surface area contributed by atoms with Crippen LogP contribution in [0.25, 0.3) is 11.0 Å². The molecule has 2 aliphatic rings. The summed E-state index contributed by atoms with van der Waals surface area (Å²) in [6, 6.07) is 6.99. The molecular weight excluding hydrogens is 398 g/mol. The second-order valence-electron chi connectivity index (χ2n) is 7.32. The van der Waals surface area contributed by atoms with E-state index in [1.54, 1.807) is 29.0 Å². The Morgan fingerprint density at radius 2 is 2.03 bits per heavy atom. The molecule has 1 fully saturated rings. The molecule has 1 aromatic carbocycles. The monoisotopic (exact) mass is 415 g/mol. The lowest BCUT2D eigenvalue weighted by Gasteiger charge is -2.31. The van der Waals surface area contributed by atoms with Gasteiger partial charge in [-0.05, 0) is 36.2 Å². The lowest BCUT2D eigenvalue weighted by molar-refractivity contribution is -0.164. The van der Waals surface area contributed by atoms with E-state index >= 15 is 0 Å². The summed E-state index contributed by atoms with van der Waals surface area (Å²) in [6.45, 7) is 1.86. The van der Waals surface area contributed by atoms with E-state index in [0.717, 1.165) is 16.6 Å². The number of esters is 1. The zero-order valence-electron chi connectivity index (χ0n) is 15.4. The number of ether oxygens (including phenoxy) is 2. The van der Waals surface area contributed by atoms with Gasteiger partial charge >= 0.3 is 5.97 Å². The number of aliphatic hydroxyl groups excluding tert-OH is 2. The fraction of sp³-hybridized carbons (Fsp3) is 0.350. The molecule has 0 radical (unpaired) electrons. The lowest BCUT2D eigenvalue weighted by Crippen LogP contribution is -2.38. The standard InChI is InChI=1S/C20H18ClN3O5/c1-9-12-4-5-24(19(12)23-8-22-9)20-16(27)15(26)18(29-20)17-13-3-2-11(21)6-10(13)7-14(25)28-17/h2-6,8,15-18,20,26-27H,7H2,1H3/t15-,16+,17+,18?,20+/m0/s1. The molecule has 0 bridgehead atoms. The molecule has 150 valence electrons. The fourth-order valence-electron chi connectivity index (χ4n) is 4.12. The van der Waals surface area contributed by atoms with Gasteiger partial charge in [-0.1, -0.05) is 17.7 Å². The van der Waals surface area contributed by atoms with Crippen LogP contribution in [0.4, 0.5) is 0 Å². The number of rotatable bonds is 2. The number of cyclic esters (lactones) is 1. The smallest absolute Gasteiger partial charge is 0.310 e. The summed E-state index contributed by atoms with van der Waals surface area (Å²) in [6.07, 6.45) is -1.92. The number of aromatic nitrogens is 3. The molecule has 2 N–H and O–H groups in total. The van der Waals surface area contributed by atoms with Crippen LogP contribution in [-0.2, 0) is 20.7 Å². The molecule has 0 saturated carbocycles. The molecular formula is C20H18ClN3O5. The number of aryl methyl sites for hydroxylation is 1. The van der Waals surface area contributed by atoms with Crippen molar-refractivity contribution in [2.24, 2.45) is 0 Å². The molecule has 9 heteroatoms. The van der Waals surface area contributed by atoms with Gasteiger partial charge < -0.3 is 24.3 Å². The van der Waals surface area contributed by atoms with Crippen molar-refractivity contribution in [2.45, 2.75) is 44.0 Å². The van der Waals surface area contributed by atoms with Crippen LogP contribution >= 0.6 is 11.6 Å². The van der Waals surface area contributed by atoms with E-state index in [2.05, 4.69) is 9.97 Å². The zero-order chi connectivity index (χ0) is 20.3. The van der Waals surface area contributed by atoms with E-state index < -0.39 is 36.6 Å². The van der Waals surface area contributed by atoms with Crippen LogP contribution in [0.3, 0.4) is 0 Å². The van der Waals surface area contributed by atoms with Crippen molar-refractivity contribution in [3.63, 3.8) is 0 Å². The molecule has 2 aliphatic heterocycles. The molecule has 4 heterocycles. The molecule has 29 heavy (non-hydrogen) atoms. The minimum Gasteiger partial charge on any atom is -0.454 e. The van der Waals surface area contributed by atoms with Gasteiger partial charge in [0.05, 0.1) is 12.1 Å². The Bertz CT molecular complexity index is 1120. The number of fused-ring (bicyclic) bond motifs is 2. The van der Waals surface area contributed by atoms with Crippen LogP contribution in [0.5, 0.6) is 0 Å². The maximum absolute atomic E-state index is 12.1. The minimum atomic E-state index is -1.26. The highest BCUT2D eigenvalue weighted by molar-refractivity contribution is 6.30. The van der Waals surface area contributed by atoms with Crippen LogP contribution in [0.15, 0.2) is 36.8 Å². The Morgan fingerprint density at radius 1 is 1.21 bits per heavy atom. The number of benzene rings is 1. The number of hydrogen-bond acceptors (Lipinski definition) is 7. The predicted molar refractivity (Wildman–Crippen MR) is 102 cm³/mol. The van der Waals surface area contributed by atoms with Crippen molar-refractivity contribution >= 4 is 28.6 Å². The maximum atomic E-state index is 12.1. The Kier molecular flexibility index (Phi) is 4.32. The number of halogens is 1. The molecule has 1 saturated heterocycles. The van der Waals surface area contributed by atoms with Gasteiger partial charge in [-0.25, -0.2) is 9.97 Å². The highest BCUT2D eigenvalue weighted by atomic mass is 35.5. The summed E-state index contributed by atoms with van der Waals surface area (Å²) in [5.41, 5.74) is 2.82. The van der Waals surface area contributed by atoms with Crippen LogP contribution in [0.2, 0.25) is 5.02 Å². The van der Waals surface area contributed by atoms with Gasteiger partial charge in [0.1, 0.15) is 30.3 Å². The largest absolute Gasteiger partial charge is 0.454 e. The summed E-state index contributed by atoms with van der Waals surface area (Å²) in [7, 11) is 0. The zero-order valence-corrected chi connectivity index (χ0v) is 16.2. The Hall–Kier alpha value is -2.52. The molecule has 8 nitrogen and oxygen atoms in total. The predicted octanol–water partition coefficient (Wildman–Crippen LogP) is 1.85. The third kappa shape index (κ3) is 2.91. The summed E-state index contributed by atoms with van der Waals surface area (Å²) < 4.78 is 13.2. The van der Waals surface area contributed by atoms with Gasteiger partial charge in [0.15, 0.2) is 12.3 Å². The van der Waals surface area contributed by atoms with E-state index in [1.807, 2.05) is 13.0 Å². The highest BCUT2D eigenvalue weighted by Crippen LogP contribution is 2.42. The van der Waals surface area contributed by atoms with E-state index in [9.17, 15) is 15.0 Å². The molecule has 2 aromatic heterocycles. The van der Waals surface area contributed by atoms with E-state index in [0.29, 0.717) is 16.2 Å². The Balaban J connectivity index is 1.52. The van der Waals surface area contributed by atoms with Gasteiger partial charge in [0.2, 0.25) is 0 Å². The molecule has 0 spiro atoms. The number of carbonyl (C=O) groups is 1. The van der Waals surface area contributed by atoms with Gasteiger partial charge in [-0.3, -0.25) is 4.79 Å². The van der Waals surface area contributed by atoms with Crippen molar-refractivity contribution < 1.29 is 24.5 Å². The average molecular weight is 416 g/mol. The van der Waals surface area contributed by atoms with Crippen LogP contribution in [-0.4, -0.2) is 49.0 Å². The van der Waals surface area contributed by atoms with Gasteiger partial charge in [0.25, 0.3) is 0 Å². The van der Waals surface area contributed by atoms with Crippen molar-refractivity contribution in [3.8, 4) is 0 Å². The molecule has 0 aliphatic carbocycles. The molecule has 5 atom stereocenters. The van der Waals surface area contributed by atoms with Gasteiger partial charge in [0, 0.05) is 16.6 Å². The first kappa shape index (κ1) is 18.5. The quantitative estimate of drug-likeness (QED) is 0.615. The minimum absolute atomic E-state index is 0.0969. The first-order valence-electron chi connectivity index (χ1n) is 9.21. The summed E-state index contributed by atoms with van der Waals surface area (Å²) >= 11 is 6.05. The fourth-order valence-corrected chi connectivity index (χ4v) is 4.31. The number of hydrogen-bond donors (Lipinski definition) is 2. The molecule has 5 rings (SSSR count). The van der Waals surface area contributed by atoms with E-state index in [4.69, 9.17) is 21.1 Å². The molecule has 0 amide bonds. The normalized spacial score (nSPS) is 29.1. The third-order valence-corrected chi connectivity index (χ3v) is 5.80. The van der Waals surface area contributed by atoms with Crippen molar-refractivity contribution in [1.29, 1.82) is 0 Å². The maximum Gasteiger partial charge on any atom is 0.310 e. The molecule has 3 aromatic rings.